The summed E-state index contributed by atoms with van der Waals surface area (Å²) in [6, 6.07) is 11.2. The summed E-state index contributed by atoms with van der Waals surface area (Å²) >= 11 is 3.42. The van der Waals surface area contributed by atoms with Gasteiger partial charge in [-0.2, -0.15) is 0 Å². The van der Waals surface area contributed by atoms with E-state index in [0.29, 0.717) is 39.4 Å². The number of hydrogen-bond donors (Lipinski definition) is 4. The van der Waals surface area contributed by atoms with Crippen molar-refractivity contribution in [2.24, 2.45) is 17.1 Å². The van der Waals surface area contributed by atoms with Crippen molar-refractivity contribution < 1.29 is 28.6 Å². The zero-order chi connectivity index (χ0) is 30.7. The Morgan fingerprint density at radius 2 is 1.98 bits per heavy atom. The van der Waals surface area contributed by atoms with Crippen molar-refractivity contribution in [2.75, 3.05) is 20.3 Å². The van der Waals surface area contributed by atoms with Gasteiger partial charge in [0, 0.05) is 32.9 Å². The van der Waals surface area contributed by atoms with Crippen LogP contribution >= 0.6 is 15.9 Å². The van der Waals surface area contributed by atoms with E-state index >= 15 is 0 Å². The van der Waals surface area contributed by atoms with Gasteiger partial charge in [-0.1, -0.05) is 12.1 Å². The highest BCUT2D eigenvalue weighted by Gasteiger charge is 2.55. The second-order valence-electron chi connectivity index (χ2n) is 11.8. The molecule has 1 fully saturated rings. The first-order valence-electron chi connectivity index (χ1n) is 14.0. The normalized spacial score (nSPS) is 24.4. The van der Waals surface area contributed by atoms with E-state index in [9.17, 15) is 19.1 Å². The van der Waals surface area contributed by atoms with Crippen LogP contribution in [0.2, 0.25) is 0 Å². The molecule has 0 spiro atoms. The molecule has 6 rings (SSSR count). The molecule has 2 aromatic carbocycles. The van der Waals surface area contributed by atoms with Crippen LogP contribution in [-0.4, -0.2) is 47.8 Å². The van der Waals surface area contributed by atoms with Crippen molar-refractivity contribution in [3.63, 3.8) is 0 Å². The number of pyridine rings is 1. The van der Waals surface area contributed by atoms with Crippen LogP contribution in [0, 0.1) is 17.2 Å². The first-order valence-corrected chi connectivity index (χ1v) is 14.8. The highest BCUT2D eigenvalue weighted by molar-refractivity contribution is 9.10. The lowest BCUT2D eigenvalue weighted by atomic mass is 9.74. The van der Waals surface area contributed by atoms with E-state index < -0.39 is 34.2 Å². The number of nitrogens with two attached hydrogens (primary N) is 1. The number of hydrogen-bond acceptors (Lipinski definition) is 7. The fourth-order valence-corrected chi connectivity index (χ4v) is 6.35. The molecule has 2 aliphatic heterocycles. The number of ether oxygens (including phenoxy) is 2. The van der Waals surface area contributed by atoms with E-state index in [1.54, 1.807) is 43.5 Å². The molecule has 2 amide bonds. The maximum Gasteiger partial charge on any atom is 0.251 e. The largest absolute Gasteiger partial charge is 0.494 e. The van der Waals surface area contributed by atoms with Gasteiger partial charge >= 0.3 is 0 Å². The predicted molar refractivity (Wildman–Crippen MR) is 161 cm³/mol. The molecule has 3 aromatic rings. The zero-order valence-electron chi connectivity index (χ0n) is 24.0. The Morgan fingerprint density at radius 3 is 2.63 bits per heavy atom. The van der Waals surface area contributed by atoms with Crippen molar-refractivity contribution in [1.29, 1.82) is 0 Å². The predicted octanol–water partition coefficient (Wildman–Crippen LogP) is 4.19. The number of methoxy groups -OCH3 is 1. The summed E-state index contributed by atoms with van der Waals surface area (Å²) in [5.74, 6) is -0.581. The van der Waals surface area contributed by atoms with Crippen LogP contribution in [0.15, 0.2) is 76.2 Å². The van der Waals surface area contributed by atoms with Crippen molar-refractivity contribution >= 4 is 38.6 Å². The average Bonchev–Trinajstić information content (AvgIpc) is 3.78. The molecule has 0 radical (unpaired) electrons. The van der Waals surface area contributed by atoms with Crippen LogP contribution in [0.4, 0.5) is 4.39 Å². The summed E-state index contributed by atoms with van der Waals surface area (Å²) in [5.41, 5.74) is 4.74. The van der Waals surface area contributed by atoms with Crippen molar-refractivity contribution in [3.8, 4) is 5.75 Å². The molecular formula is C32H32BrFN4O5. The molecule has 0 saturated heterocycles. The van der Waals surface area contributed by atoms with Gasteiger partial charge in [0.2, 0.25) is 5.91 Å². The second-order valence-corrected chi connectivity index (χ2v) is 12.7. The quantitative estimate of drug-likeness (QED) is 0.287. The smallest absolute Gasteiger partial charge is 0.251 e. The molecule has 1 aromatic heterocycles. The third kappa shape index (κ3) is 4.84. The SMILES string of the molecule is COc1cc(C(=O)NC[C@](O)(C2=CC3=C(OC[C@]3(C)C(N)=O)C(C)(c3ccc(F)cc3)N2)C2CC2)cc2cc(Br)cnc12. The summed E-state index contributed by atoms with van der Waals surface area (Å²) in [7, 11) is 1.51. The first-order chi connectivity index (χ1) is 20.4. The zero-order valence-corrected chi connectivity index (χ0v) is 25.5. The summed E-state index contributed by atoms with van der Waals surface area (Å²) in [6.07, 6.45) is 4.88. The van der Waals surface area contributed by atoms with Gasteiger partial charge in [0.15, 0.2) is 0 Å². The van der Waals surface area contributed by atoms with Gasteiger partial charge in [0.1, 0.15) is 46.0 Å². The van der Waals surface area contributed by atoms with Gasteiger partial charge < -0.3 is 30.9 Å². The third-order valence-corrected chi connectivity index (χ3v) is 9.31. The van der Waals surface area contributed by atoms with Crippen LogP contribution in [0.3, 0.4) is 0 Å². The van der Waals surface area contributed by atoms with Crippen LogP contribution in [0.1, 0.15) is 42.6 Å². The maximum absolute atomic E-state index is 13.9. The molecule has 1 aliphatic carbocycles. The highest BCUT2D eigenvalue weighted by Crippen LogP contribution is 2.52. The number of fused-ring (bicyclic) bond motifs is 1. The van der Waals surface area contributed by atoms with E-state index in [4.69, 9.17) is 15.2 Å². The van der Waals surface area contributed by atoms with Crippen molar-refractivity contribution in [1.82, 2.24) is 15.6 Å². The molecule has 3 aliphatic rings. The average molecular weight is 652 g/mol. The number of primary amides is 1. The van der Waals surface area contributed by atoms with Crippen molar-refractivity contribution in [3.05, 3.63) is 93.2 Å². The van der Waals surface area contributed by atoms with Crippen LogP contribution in [0.5, 0.6) is 5.75 Å². The van der Waals surface area contributed by atoms with Gasteiger partial charge in [-0.25, -0.2) is 4.39 Å². The number of amides is 2. The van der Waals surface area contributed by atoms with E-state index in [1.807, 2.05) is 13.0 Å². The lowest BCUT2D eigenvalue weighted by Crippen LogP contribution is -2.55. The Bertz CT molecular complexity index is 1720. The van der Waals surface area contributed by atoms with E-state index in [0.717, 1.165) is 22.7 Å². The van der Waals surface area contributed by atoms with Crippen LogP contribution in [-0.2, 0) is 15.1 Å². The van der Waals surface area contributed by atoms with E-state index in [-0.39, 0.29) is 19.1 Å². The standard InChI is InChI=1S/C32H32BrFN4O5/c1-30(29(35)40)16-43-27-23(30)13-25(38-31(27,2)19-6-8-22(34)9-7-19)32(41,20-4-5-20)15-37-28(39)18-10-17-11-21(33)14-36-26(17)24(12-18)42-3/h6-14,20,38,41H,4-5,15-16H2,1-3H3,(H2,35,40)(H,37,39)/t30-,31?,32+/m0/s1. The molecule has 1 saturated carbocycles. The Hall–Kier alpha value is -3.96. The summed E-state index contributed by atoms with van der Waals surface area (Å²) in [6.45, 7) is 3.49. The minimum Gasteiger partial charge on any atom is -0.494 e. The Kier molecular flexibility index (Phi) is 7.00. The van der Waals surface area contributed by atoms with Gasteiger partial charge in [-0.15, -0.1) is 0 Å². The Labute approximate surface area is 256 Å². The number of aliphatic hydroxyl groups is 1. The van der Waals surface area contributed by atoms with Crippen LogP contribution in [0.25, 0.3) is 10.9 Å². The molecule has 0 bridgehead atoms. The summed E-state index contributed by atoms with van der Waals surface area (Å²) in [4.78, 5) is 30.6. The number of carbonyl (C=O) groups excluding carboxylic acids is 2. The van der Waals surface area contributed by atoms with Gasteiger partial charge in [-0.05, 0) is 90.5 Å². The van der Waals surface area contributed by atoms with Crippen molar-refractivity contribution in [2.45, 2.75) is 37.8 Å². The number of aromatic nitrogens is 1. The molecule has 9 nitrogen and oxygen atoms in total. The number of rotatable bonds is 8. The Balaban J connectivity index is 1.37. The highest BCUT2D eigenvalue weighted by atomic mass is 79.9. The van der Waals surface area contributed by atoms with E-state index in [2.05, 4.69) is 31.5 Å². The fourth-order valence-electron chi connectivity index (χ4n) is 6.00. The lowest BCUT2D eigenvalue weighted by molar-refractivity contribution is -0.125. The fraction of sp³-hybridized carbons (Fsp3) is 0.344. The van der Waals surface area contributed by atoms with Gasteiger partial charge in [0.25, 0.3) is 5.91 Å². The number of nitrogens with one attached hydrogen (secondary N) is 2. The minimum absolute atomic E-state index is 0.0304. The summed E-state index contributed by atoms with van der Waals surface area (Å²) < 4.78 is 26.2. The topological polar surface area (TPSA) is 136 Å². The number of halogens is 2. The number of allylic oxidation sites excluding steroid dienone is 1. The molecular weight excluding hydrogens is 619 g/mol. The van der Waals surface area contributed by atoms with Gasteiger partial charge in [0.05, 0.1) is 13.7 Å². The third-order valence-electron chi connectivity index (χ3n) is 8.87. The molecule has 43 heavy (non-hydrogen) atoms. The number of dihydropyridines is 1. The molecule has 3 atom stereocenters. The molecule has 1 unspecified atom stereocenters. The lowest BCUT2D eigenvalue weighted by Gasteiger charge is -2.43. The molecule has 3 heterocycles. The minimum atomic E-state index is -1.51. The van der Waals surface area contributed by atoms with E-state index in [1.165, 1.54) is 19.2 Å². The number of nitrogens with zero attached hydrogens (tertiary/aromatic N) is 1. The second kappa shape index (κ2) is 10.3. The van der Waals surface area contributed by atoms with Crippen LogP contribution < -0.4 is 21.1 Å². The number of carbonyl (C=O) groups is 2. The molecule has 11 heteroatoms. The maximum atomic E-state index is 13.9. The molecule has 5 N–H and O–H groups in total. The first kappa shape index (κ1) is 29.1. The van der Waals surface area contributed by atoms with Gasteiger partial charge in [-0.3, -0.25) is 14.6 Å². The molecule has 224 valence electrons. The number of benzene rings is 2. The monoisotopic (exact) mass is 650 g/mol. The summed E-state index contributed by atoms with van der Waals surface area (Å²) in [5, 5.41) is 19.4. The Morgan fingerprint density at radius 1 is 1.26 bits per heavy atom.